The van der Waals surface area contributed by atoms with Crippen LogP contribution in [0.2, 0.25) is 0 Å². The van der Waals surface area contributed by atoms with Gasteiger partial charge in [-0.05, 0) is 6.92 Å². The Kier molecular flexibility index (Phi) is 4.94. The molecule has 1 radical (unpaired) electrons. The van der Waals surface area contributed by atoms with Crippen molar-refractivity contribution in [1.29, 1.82) is 0 Å². The van der Waals surface area contributed by atoms with Crippen LogP contribution < -0.4 is 0 Å². The first-order valence-electron chi connectivity index (χ1n) is 3.32. The number of rotatable bonds is 4. The summed E-state index contributed by atoms with van der Waals surface area (Å²) in [4.78, 5) is 12.3. The van der Waals surface area contributed by atoms with Gasteiger partial charge in [-0.2, -0.15) is 0 Å². The smallest absolute Gasteiger partial charge is 0.223 e. The average molecular weight is 144 g/mol. The van der Waals surface area contributed by atoms with Crippen molar-refractivity contribution < 1.29 is 9.53 Å². The number of ether oxygens (including phenoxy) is 1. The van der Waals surface area contributed by atoms with E-state index in [9.17, 15) is 4.79 Å². The van der Waals surface area contributed by atoms with Crippen LogP contribution in [0.15, 0.2) is 0 Å². The summed E-state index contributed by atoms with van der Waals surface area (Å²) in [6, 6.07) is 0. The molecule has 1 amide bonds. The summed E-state index contributed by atoms with van der Waals surface area (Å²) in [7, 11) is 1.61. The van der Waals surface area contributed by atoms with Gasteiger partial charge in [0.25, 0.3) is 0 Å². The van der Waals surface area contributed by atoms with Crippen LogP contribution in [0.4, 0.5) is 0 Å². The Labute approximate surface area is 62.0 Å². The number of carbonyl (C=O) groups is 1. The molecule has 3 nitrogen and oxygen atoms in total. The lowest BCUT2D eigenvalue weighted by molar-refractivity contribution is -0.126. The van der Waals surface area contributed by atoms with E-state index in [1.165, 1.54) is 0 Å². The van der Waals surface area contributed by atoms with E-state index in [0.717, 1.165) is 0 Å². The van der Waals surface area contributed by atoms with Crippen molar-refractivity contribution in [3.63, 3.8) is 0 Å². The van der Waals surface area contributed by atoms with Gasteiger partial charge in [0.05, 0.1) is 6.61 Å². The summed E-state index contributed by atoms with van der Waals surface area (Å²) < 4.78 is 4.80. The summed E-state index contributed by atoms with van der Waals surface area (Å²) in [5, 5.41) is 0. The van der Waals surface area contributed by atoms with Crippen LogP contribution in [0.3, 0.4) is 0 Å². The van der Waals surface area contributed by atoms with Gasteiger partial charge in [0.2, 0.25) is 5.91 Å². The van der Waals surface area contributed by atoms with Crippen LogP contribution in [0, 0.1) is 6.92 Å². The Morgan fingerprint density at radius 1 is 1.70 bits per heavy atom. The van der Waals surface area contributed by atoms with Gasteiger partial charge in [-0.1, -0.05) is 0 Å². The van der Waals surface area contributed by atoms with Gasteiger partial charge in [-0.15, -0.1) is 0 Å². The molecular formula is C7H14NO2. The Morgan fingerprint density at radius 2 is 2.30 bits per heavy atom. The minimum atomic E-state index is -0.139. The fourth-order valence-electron chi connectivity index (χ4n) is 0.661. The van der Waals surface area contributed by atoms with Crippen LogP contribution in [-0.2, 0) is 9.53 Å². The minimum Gasteiger partial charge on any atom is -0.383 e. The van der Waals surface area contributed by atoms with E-state index >= 15 is 0 Å². The molecule has 0 saturated carbocycles. The molecule has 0 bridgehead atoms. The van der Waals surface area contributed by atoms with Crippen LogP contribution >= 0.6 is 0 Å². The standard InChI is InChI=1S/C7H14NO2/c1-4-8(7(2)9)5-6-10-3/h2,4-6H2,1,3H3. The van der Waals surface area contributed by atoms with Crippen molar-refractivity contribution in [2.75, 3.05) is 26.8 Å². The van der Waals surface area contributed by atoms with Crippen molar-refractivity contribution >= 4 is 5.91 Å². The largest absolute Gasteiger partial charge is 0.383 e. The van der Waals surface area contributed by atoms with Crippen LogP contribution in [0.1, 0.15) is 6.92 Å². The third-order valence-electron chi connectivity index (χ3n) is 1.30. The molecule has 0 aliphatic heterocycles. The van der Waals surface area contributed by atoms with E-state index in [1.807, 2.05) is 6.92 Å². The molecule has 0 rings (SSSR count). The highest BCUT2D eigenvalue weighted by molar-refractivity contribution is 5.80. The van der Waals surface area contributed by atoms with E-state index in [0.29, 0.717) is 19.7 Å². The molecule has 0 fully saturated rings. The number of carbonyl (C=O) groups excluding carboxylic acids is 1. The number of likely N-dealkylation sites (N-methyl/N-ethyl adjacent to an activating group) is 1. The van der Waals surface area contributed by atoms with Gasteiger partial charge in [0.1, 0.15) is 0 Å². The van der Waals surface area contributed by atoms with E-state index < -0.39 is 0 Å². The summed E-state index contributed by atoms with van der Waals surface area (Å²) >= 11 is 0. The lowest BCUT2D eigenvalue weighted by Crippen LogP contribution is -2.31. The van der Waals surface area contributed by atoms with E-state index in [-0.39, 0.29) is 5.91 Å². The van der Waals surface area contributed by atoms with Crippen LogP contribution in [0.25, 0.3) is 0 Å². The zero-order chi connectivity index (χ0) is 7.98. The Hall–Kier alpha value is -0.570. The van der Waals surface area contributed by atoms with Crippen LogP contribution in [0.5, 0.6) is 0 Å². The maximum Gasteiger partial charge on any atom is 0.223 e. The van der Waals surface area contributed by atoms with Crippen molar-refractivity contribution in [3.8, 4) is 0 Å². The molecule has 0 atom stereocenters. The van der Waals surface area contributed by atoms with Gasteiger partial charge in [0, 0.05) is 27.1 Å². The van der Waals surface area contributed by atoms with Crippen molar-refractivity contribution in [2.24, 2.45) is 0 Å². The van der Waals surface area contributed by atoms with Gasteiger partial charge in [-0.25, -0.2) is 0 Å². The highest BCUT2D eigenvalue weighted by atomic mass is 16.5. The maximum absolute atomic E-state index is 10.6. The first-order valence-corrected chi connectivity index (χ1v) is 3.32. The number of hydrogen-bond donors (Lipinski definition) is 0. The summed E-state index contributed by atoms with van der Waals surface area (Å²) in [6.07, 6.45) is 0. The van der Waals surface area contributed by atoms with Gasteiger partial charge in [0.15, 0.2) is 0 Å². The highest BCUT2D eigenvalue weighted by Gasteiger charge is 2.03. The van der Waals surface area contributed by atoms with Gasteiger partial charge in [-0.3, -0.25) is 4.79 Å². The molecule has 0 aliphatic rings. The molecule has 3 heteroatoms. The molecule has 0 aromatic rings. The highest BCUT2D eigenvalue weighted by Crippen LogP contribution is 1.87. The minimum absolute atomic E-state index is 0.139. The molecule has 0 aromatic carbocycles. The van der Waals surface area contributed by atoms with Crippen molar-refractivity contribution in [3.05, 3.63) is 6.92 Å². The predicted molar refractivity (Wildman–Crippen MR) is 39.5 cm³/mol. The van der Waals surface area contributed by atoms with Gasteiger partial charge < -0.3 is 9.64 Å². The average Bonchev–Trinajstić information content (AvgIpc) is 1.89. The third kappa shape index (κ3) is 3.45. The lowest BCUT2D eigenvalue weighted by atomic mass is 10.5. The molecule has 0 unspecified atom stereocenters. The quantitative estimate of drug-likeness (QED) is 0.568. The Bertz CT molecular complexity index is 104. The summed E-state index contributed by atoms with van der Waals surface area (Å²) in [5.74, 6) is -0.139. The molecule has 0 heterocycles. The molecular weight excluding hydrogens is 130 g/mol. The zero-order valence-electron chi connectivity index (χ0n) is 6.59. The van der Waals surface area contributed by atoms with Crippen molar-refractivity contribution in [1.82, 2.24) is 4.90 Å². The van der Waals surface area contributed by atoms with E-state index in [2.05, 4.69) is 6.92 Å². The molecule has 0 saturated heterocycles. The molecule has 0 spiro atoms. The van der Waals surface area contributed by atoms with Gasteiger partial charge >= 0.3 is 0 Å². The first kappa shape index (κ1) is 9.43. The maximum atomic E-state index is 10.6. The Morgan fingerprint density at radius 3 is 2.60 bits per heavy atom. The SMILES string of the molecule is [CH2]C(=O)N(CC)CCOC. The Balaban J connectivity index is 3.50. The number of methoxy groups -OCH3 is 1. The zero-order valence-corrected chi connectivity index (χ0v) is 6.59. The monoisotopic (exact) mass is 144 g/mol. The fraction of sp³-hybridized carbons (Fsp3) is 0.714. The van der Waals surface area contributed by atoms with Crippen LogP contribution in [-0.4, -0.2) is 37.6 Å². The lowest BCUT2D eigenvalue weighted by Gasteiger charge is -2.17. The number of hydrogen-bond acceptors (Lipinski definition) is 2. The normalized spacial score (nSPS) is 9.50. The summed E-state index contributed by atoms with van der Waals surface area (Å²) in [5.41, 5.74) is 0. The van der Waals surface area contributed by atoms with E-state index in [1.54, 1.807) is 12.0 Å². The molecule has 0 N–H and O–H groups in total. The number of nitrogens with zero attached hydrogens (tertiary/aromatic N) is 1. The molecule has 0 aliphatic carbocycles. The first-order chi connectivity index (χ1) is 4.72. The molecule has 59 valence electrons. The fourth-order valence-corrected chi connectivity index (χ4v) is 0.661. The molecule has 10 heavy (non-hydrogen) atoms. The van der Waals surface area contributed by atoms with Crippen molar-refractivity contribution in [2.45, 2.75) is 6.92 Å². The second-order valence-electron chi connectivity index (χ2n) is 1.97. The topological polar surface area (TPSA) is 29.5 Å². The third-order valence-corrected chi connectivity index (χ3v) is 1.30. The summed E-state index contributed by atoms with van der Waals surface area (Å²) in [6.45, 7) is 7.12. The predicted octanol–water partition coefficient (Wildman–Crippen LogP) is 0.315. The molecule has 0 aromatic heterocycles. The second-order valence-corrected chi connectivity index (χ2v) is 1.97. The second kappa shape index (κ2) is 5.23. The number of amides is 1. The van der Waals surface area contributed by atoms with E-state index in [4.69, 9.17) is 4.74 Å².